The normalized spacial score (nSPS) is 54.6. The van der Waals surface area contributed by atoms with Gasteiger partial charge in [0.25, 0.3) is 0 Å². The fourth-order valence-electron chi connectivity index (χ4n) is 5.11. The van der Waals surface area contributed by atoms with Crippen LogP contribution in [0.5, 0.6) is 0 Å². The highest BCUT2D eigenvalue weighted by atomic mass is 14.7. The predicted molar refractivity (Wildman–Crippen MR) is 55.1 cm³/mol. The summed E-state index contributed by atoms with van der Waals surface area (Å²) < 4.78 is 0. The van der Waals surface area contributed by atoms with Gasteiger partial charge in [0, 0.05) is 0 Å². The molecular formula is C14H14. The maximum Gasteiger partial charge on any atom is -0.00562 e. The van der Waals surface area contributed by atoms with E-state index in [1.165, 1.54) is 0 Å². The number of fused-ring (bicyclic) bond motifs is 11. The van der Waals surface area contributed by atoms with Crippen molar-refractivity contribution in [3.8, 4) is 0 Å². The van der Waals surface area contributed by atoms with Crippen molar-refractivity contribution in [2.24, 2.45) is 23.7 Å². The highest BCUT2D eigenvalue weighted by Gasteiger charge is 2.68. The second-order valence-electron chi connectivity index (χ2n) is 5.81. The Balaban J connectivity index is 1.74. The molecule has 0 N–H and O–H groups in total. The van der Waals surface area contributed by atoms with E-state index in [-0.39, 0.29) is 0 Å². The molecule has 2 bridgehead atoms. The lowest BCUT2D eigenvalue weighted by Crippen LogP contribution is -2.30. The van der Waals surface area contributed by atoms with E-state index >= 15 is 0 Å². The van der Waals surface area contributed by atoms with Gasteiger partial charge in [-0.25, -0.2) is 0 Å². The predicted octanol–water partition coefficient (Wildman–Crippen LogP) is 3.15. The Bertz CT molecular complexity index is 394. The number of benzene rings is 1. The Morgan fingerprint density at radius 1 is 0.714 bits per heavy atom. The first kappa shape index (κ1) is 6.66. The summed E-state index contributed by atoms with van der Waals surface area (Å²) in [6.07, 6.45) is 3.15. The van der Waals surface area contributed by atoms with Crippen LogP contribution in [-0.4, -0.2) is 0 Å². The molecule has 0 aliphatic heterocycles. The summed E-state index contributed by atoms with van der Waals surface area (Å²) in [5, 5.41) is 0. The van der Waals surface area contributed by atoms with Gasteiger partial charge in [0.1, 0.15) is 0 Å². The average molecular weight is 182 g/mol. The third-order valence-electron chi connectivity index (χ3n) is 5.56. The van der Waals surface area contributed by atoms with Crippen LogP contribution in [0.4, 0.5) is 0 Å². The molecular weight excluding hydrogens is 168 g/mol. The van der Waals surface area contributed by atoms with Gasteiger partial charge >= 0.3 is 0 Å². The number of hydrogen-bond donors (Lipinski definition) is 0. The average Bonchev–Trinajstić information content (AvgIpc) is 2.84. The molecule has 0 spiro atoms. The van der Waals surface area contributed by atoms with Crippen LogP contribution in [0.15, 0.2) is 24.3 Å². The maximum absolute atomic E-state index is 2.38. The van der Waals surface area contributed by atoms with Crippen molar-refractivity contribution in [3.63, 3.8) is 0 Å². The monoisotopic (exact) mass is 182 g/mol. The van der Waals surface area contributed by atoms with E-state index in [1.54, 1.807) is 24.0 Å². The minimum atomic E-state index is 1.000. The molecule has 3 saturated carbocycles. The number of rotatable bonds is 0. The molecule has 1 aromatic rings. The van der Waals surface area contributed by atoms with Crippen LogP contribution < -0.4 is 0 Å². The van der Waals surface area contributed by atoms with Gasteiger partial charge in [0.2, 0.25) is 0 Å². The molecule has 0 unspecified atom stereocenters. The maximum atomic E-state index is 2.38. The summed E-state index contributed by atoms with van der Waals surface area (Å²) in [6.45, 7) is 0. The molecule has 0 radical (unpaired) electrons. The van der Waals surface area contributed by atoms with Gasteiger partial charge in [-0.1, -0.05) is 24.3 Å². The van der Waals surface area contributed by atoms with Crippen LogP contribution in [0.25, 0.3) is 0 Å². The van der Waals surface area contributed by atoms with Crippen molar-refractivity contribution in [2.75, 3.05) is 0 Å². The number of hydrogen-bond acceptors (Lipinski definition) is 0. The minimum absolute atomic E-state index is 1.000. The smallest absolute Gasteiger partial charge is 0.00562 e. The molecule has 0 amide bonds. The van der Waals surface area contributed by atoms with Crippen LogP contribution in [0, 0.1) is 23.7 Å². The molecule has 3 fully saturated rings. The highest BCUT2D eigenvalue weighted by Crippen LogP contribution is 2.78. The summed E-state index contributed by atoms with van der Waals surface area (Å²) in [7, 11) is 0. The summed E-state index contributed by atoms with van der Waals surface area (Å²) in [5.41, 5.74) is 3.44. The molecule has 4 aliphatic carbocycles. The van der Waals surface area contributed by atoms with Crippen LogP contribution in [0.3, 0.4) is 0 Å². The molecule has 5 rings (SSSR count). The molecule has 1 aromatic carbocycles. The zero-order valence-electron chi connectivity index (χ0n) is 8.19. The Hall–Kier alpha value is -0.780. The van der Waals surface area contributed by atoms with Crippen molar-refractivity contribution in [1.82, 2.24) is 0 Å². The zero-order valence-corrected chi connectivity index (χ0v) is 8.19. The molecule has 0 aromatic heterocycles. The lowest BCUT2D eigenvalue weighted by Gasteiger charge is -2.42. The molecule has 6 atom stereocenters. The van der Waals surface area contributed by atoms with Crippen molar-refractivity contribution in [1.29, 1.82) is 0 Å². The third kappa shape index (κ3) is 0.504. The Labute approximate surface area is 84.3 Å². The van der Waals surface area contributed by atoms with Gasteiger partial charge in [-0.2, -0.15) is 0 Å². The standard InChI is InChI=1S/C14H14/c1-2-4-8-7(3-1)13-11-6-12(14(8)13)10-5-9(10)11/h1-4,9-14H,5-6H2/t9-,10+,11-,12+,13-,14+. The van der Waals surface area contributed by atoms with Crippen LogP contribution in [-0.2, 0) is 0 Å². The van der Waals surface area contributed by atoms with E-state index in [0.29, 0.717) is 0 Å². The van der Waals surface area contributed by atoms with E-state index in [9.17, 15) is 0 Å². The van der Waals surface area contributed by atoms with Crippen molar-refractivity contribution in [3.05, 3.63) is 35.4 Å². The van der Waals surface area contributed by atoms with Gasteiger partial charge in [0.05, 0.1) is 0 Å². The van der Waals surface area contributed by atoms with Gasteiger partial charge < -0.3 is 0 Å². The SMILES string of the molecule is c1ccc2c(c1)[C@@H]1[C@@H]3C[C@@H]([C@H]4C[C@H]43)[C@H]21. The second-order valence-corrected chi connectivity index (χ2v) is 5.81. The molecule has 0 heteroatoms. The minimum Gasteiger partial charge on any atom is -0.0620 e. The van der Waals surface area contributed by atoms with Crippen molar-refractivity contribution in [2.45, 2.75) is 24.7 Å². The van der Waals surface area contributed by atoms with E-state index in [1.807, 2.05) is 0 Å². The van der Waals surface area contributed by atoms with Crippen LogP contribution in [0.2, 0.25) is 0 Å². The van der Waals surface area contributed by atoms with Crippen molar-refractivity contribution >= 4 is 0 Å². The molecule has 0 nitrogen and oxygen atoms in total. The molecule has 0 heterocycles. The van der Waals surface area contributed by atoms with Gasteiger partial charge in [0.15, 0.2) is 0 Å². The topological polar surface area (TPSA) is 0 Å². The van der Waals surface area contributed by atoms with E-state index in [4.69, 9.17) is 0 Å². The summed E-state index contributed by atoms with van der Waals surface area (Å²) >= 11 is 0. The van der Waals surface area contributed by atoms with Gasteiger partial charge in [-0.3, -0.25) is 0 Å². The summed E-state index contributed by atoms with van der Waals surface area (Å²) in [6, 6.07) is 9.22. The fourth-order valence-corrected chi connectivity index (χ4v) is 5.11. The fraction of sp³-hybridized carbons (Fsp3) is 0.571. The first-order valence-electron chi connectivity index (χ1n) is 6.04. The Morgan fingerprint density at radius 3 is 1.79 bits per heavy atom. The first-order valence-corrected chi connectivity index (χ1v) is 6.04. The second kappa shape index (κ2) is 1.80. The molecule has 0 saturated heterocycles. The van der Waals surface area contributed by atoms with E-state index in [2.05, 4.69) is 24.3 Å². The Morgan fingerprint density at radius 2 is 1.21 bits per heavy atom. The first-order chi connectivity index (χ1) is 6.95. The van der Waals surface area contributed by atoms with E-state index in [0.717, 1.165) is 35.5 Å². The molecule has 14 heavy (non-hydrogen) atoms. The highest BCUT2D eigenvalue weighted by molar-refractivity contribution is 5.50. The molecule has 4 aliphatic rings. The largest absolute Gasteiger partial charge is 0.0620 e. The van der Waals surface area contributed by atoms with Gasteiger partial charge in [-0.15, -0.1) is 0 Å². The third-order valence-corrected chi connectivity index (χ3v) is 5.56. The van der Waals surface area contributed by atoms with Crippen molar-refractivity contribution < 1.29 is 0 Å². The zero-order chi connectivity index (χ0) is 8.86. The lowest BCUT2D eigenvalue weighted by molar-refractivity contribution is 0.309. The lowest BCUT2D eigenvalue weighted by atomic mass is 9.61. The Kier molecular flexibility index (Phi) is 0.857. The summed E-state index contributed by atoms with van der Waals surface area (Å²) in [5.74, 6) is 6.53. The van der Waals surface area contributed by atoms with Crippen LogP contribution >= 0.6 is 0 Å². The quantitative estimate of drug-likeness (QED) is 0.541. The van der Waals surface area contributed by atoms with Gasteiger partial charge in [-0.05, 0) is 59.5 Å². The van der Waals surface area contributed by atoms with Crippen LogP contribution in [0.1, 0.15) is 35.8 Å². The molecule has 70 valence electrons. The van der Waals surface area contributed by atoms with E-state index < -0.39 is 0 Å². The summed E-state index contributed by atoms with van der Waals surface area (Å²) in [4.78, 5) is 0.